The number of amides is 1. The third kappa shape index (κ3) is 3.72. The van der Waals surface area contributed by atoms with Crippen LogP contribution in [0.5, 0.6) is 0 Å². The van der Waals surface area contributed by atoms with Crippen LogP contribution in [-0.4, -0.2) is 17.6 Å². The smallest absolute Gasteiger partial charge is 0.251 e. The maximum atomic E-state index is 12.3. The highest BCUT2D eigenvalue weighted by Crippen LogP contribution is 2.16. The van der Waals surface area contributed by atoms with Gasteiger partial charge in [-0.3, -0.25) is 4.79 Å². The summed E-state index contributed by atoms with van der Waals surface area (Å²) in [4.78, 5) is 13.5. The topological polar surface area (TPSA) is 49.3 Å². The number of aliphatic hydroxyl groups excluding tert-OH is 1. The first-order chi connectivity index (χ1) is 10.1. The molecule has 2 N–H and O–H groups in total. The van der Waals surface area contributed by atoms with Gasteiger partial charge in [0.25, 0.3) is 5.91 Å². The van der Waals surface area contributed by atoms with Crippen molar-refractivity contribution in [1.29, 1.82) is 0 Å². The van der Waals surface area contributed by atoms with Crippen LogP contribution >= 0.6 is 11.3 Å². The molecule has 0 aliphatic heterocycles. The number of rotatable bonds is 3. The molecule has 4 heteroatoms. The lowest BCUT2D eigenvalue weighted by Gasteiger charge is -2.09. The predicted octanol–water partition coefficient (Wildman–Crippen LogP) is 2.64. The number of benzene rings is 1. The van der Waals surface area contributed by atoms with Gasteiger partial charge in [0.2, 0.25) is 0 Å². The van der Waals surface area contributed by atoms with E-state index in [0.717, 1.165) is 16.0 Å². The Hall–Kier alpha value is -2.09. The normalized spacial score (nSPS) is 9.86. The molecule has 1 aromatic carbocycles. The van der Waals surface area contributed by atoms with Crippen molar-refractivity contribution < 1.29 is 9.90 Å². The molecule has 0 radical (unpaired) electrons. The second-order valence-corrected chi connectivity index (χ2v) is 5.65. The Labute approximate surface area is 128 Å². The van der Waals surface area contributed by atoms with Gasteiger partial charge < -0.3 is 10.4 Å². The number of nitrogens with one attached hydrogen (secondary N) is 1. The molecule has 0 aliphatic carbocycles. The van der Waals surface area contributed by atoms with Gasteiger partial charge in [-0.1, -0.05) is 17.9 Å². The summed E-state index contributed by atoms with van der Waals surface area (Å²) < 4.78 is 0. The Morgan fingerprint density at radius 1 is 1.33 bits per heavy atom. The molecule has 0 unspecified atom stereocenters. The van der Waals surface area contributed by atoms with E-state index < -0.39 is 0 Å². The van der Waals surface area contributed by atoms with Crippen LogP contribution in [-0.2, 0) is 6.54 Å². The number of thiophene rings is 1. The van der Waals surface area contributed by atoms with Crippen molar-refractivity contribution in [3.63, 3.8) is 0 Å². The molecule has 3 nitrogen and oxygen atoms in total. The van der Waals surface area contributed by atoms with Crippen LogP contribution in [0, 0.1) is 25.7 Å². The zero-order chi connectivity index (χ0) is 15.2. The summed E-state index contributed by atoms with van der Waals surface area (Å²) in [5.74, 6) is 5.36. The maximum Gasteiger partial charge on any atom is 0.251 e. The molecule has 21 heavy (non-hydrogen) atoms. The first-order valence-corrected chi connectivity index (χ1v) is 7.52. The van der Waals surface area contributed by atoms with Crippen LogP contribution in [0.4, 0.5) is 0 Å². The molecule has 108 valence electrons. The highest BCUT2D eigenvalue weighted by Gasteiger charge is 2.11. The first-order valence-electron chi connectivity index (χ1n) is 6.64. The summed E-state index contributed by atoms with van der Waals surface area (Å²) in [6.07, 6.45) is 0. The molecule has 0 saturated carbocycles. The maximum absolute atomic E-state index is 12.3. The van der Waals surface area contributed by atoms with Gasteiger partial charge in [-0.2, -0.15) is 0 Å². The van der Waals surface area contributed by atoms with Crippen LogP contribution in [0.15, 0.2) is 29.6 Å². The van der Waals surface area contributed by atoms with Gasteiger partial charge in [-0.25, -0.2) is 0 Å². The Morgan fingerprint density at radius 2 is 2.14 bits per heavy atom. The minimum atomic E-state index is -0.187. The third-order valence-corrected chi connectivity index (χ3v) is 4.28. The molecular formula is C17H17NO2S. The Bertz CT molecular complexity index is 707. The molecule has 0 spiro atoms. The highest BCUT2D eigenvalue weighted by atomic mass is 32.1. The Morgan fingerprint density at radius 3 is 2.81 bits per heavy atom. The first kappa shape index (κ1) is 15.3. The van der Waals surface area contributed by atoms with Crippen LogP contribution < -0.4 is 5.32 Å². The fourth-order valence-electron chi connectivity index (χ4n) is 1.99. The van der Waals surface area contributed by atoms with Gasteiger partial charge in [0.1, 0.15) is 6.61 Å². The van der Waals surface area contributed by atoms with Crippen LogP contribution in [0.3, 0.4) is 0 Å². The quantitative estimate of drug-likeness (QED) is 0.856. The van der Waals surface area contributed by atoms with Crippen molar-refractivity contribution in [2.24, 2.45) is 0 Å². The predicted molar refractivity (Wildman–Crippen MR) is 85.4 cm³/mol. The van der Waals surface area contributed by atoms with Crippen molar-refractivity contribution >= 4 is 17.2 Å². The molecule has 1 heterocycles. The Kier molecular flexibility index (Phi) is 5.15. The number of aliphatic hydroxyl groups is 1. The molecule has 0 aliphatic rings. The fraction of sp³-hybridized carbons (Fsp3) is 0.235. The second-order valence-electron chi connectivity index (χ2n) is 4.65. The Balaban J connectivity index is 2.14. The molecule has 2 aromatic rings. The average molecular weight is 299 g/mol. The summed E-state index contributed by atoms with van der Waals surface area (Å²) in [5.41, 5.74) is 3.41. The van der Waals surface area contributed by atoms with Crippen LogP contribution in [0.1, 0.15) is 31.9 Å². The van der Waals surface area contributed by atoms with E-state index in [9.17, 15) is 4.79 Å². The average Bonchev–Trinajstić information content (AvgIpc) is 2.89. The second kappa shape index (κ2) is 7.07. The molecule has 1 aromatic heterocycles. The summed E-state index contributed by atoms with van der Waals surface area (Å²) >= 11 is 1.64. The van der Waals surface area contributed by atoms with Gasteiger partial charge in [0.05, 0.1) is 6.54 Å². The molecule has 0 fully saturated rings. The van der Waals surface area contributed by atoms with Crippen molar-refractivity contribution in [3.05, 3.63) is 56.8 Å². The lowest BCUT2D eigenvalue weighted by Crippen LogP contribution is -2.23. The number of hydrogen-bond donors (Lipinski definition) is 2. The minimum Gasteiger partial charge on any atom is -0.384 e. The van der Waals surface area contributed by atoms with Crippen molar-refractivity contribution in [2.45, 2.75) is 20.4 Å². The number of aryl methyl sites for hydroxylation is 1. The monoisotopic (exact) mass is 299 g/mol. The van der Waals surface area contributed by atoms with E-state index in [2.05, 4.69) is 17.2 Å². The van der Waals surface area contributed by atoms with Crippen LogP contribution in [0.2, 0.25) is 0 Å². The fourth-order valence-corrected chi connectivity index (χ4v) is 2.84. The van der Waals surface area contributed by atoms with Gasteiger partial charge >= 0.3 is 0 Å². The molecule has 0 atom stereocenters. The standard InChI is InChI=1S/C17H17NO2S/c1-12-8-10-21-16(12)11-18-17(20)15-7-3-5-14(13(15)2)6-4-9-19/h3,5,7-8,10,19H,9,11H2,1-2H3,(H,18,20). The SMILES string of the molecule is Cc1ccsc1CNC(=O)c1cccc(C#CCO)c1C. The summed E-state index contributed by atoms with van der Waals surface area (Å²) in [7, 11) is 0. The van der Waals surface area contributed by atoms with E-state index in [4.69, 9.17) is 5.11 Å². The lowest BCUT2D eigenvalue weighted by atomic mass is 10.0. The van der Waals surface area contributed by atoms with Crippen LogP contribution in [0.25, 0.3) is 0 Å². The highest BCUT2D eigenvalue weighted by molar-refractivity contribution is 7.10. The number of carbonyl (C=O) groups excluding carboxylic acids is 1. The number of carbonyl (C=O) groups is 1. The van der Waals surface area contributed by atoms with E-state index in [1.807, 2.05) is 31.4 Å². The third-order valence-electron chi connectivity index (χ3n) is 3.26. The number of hydrogen-bond acceptors (Lipinski definition) is 3. The zero-order valence-corrected chi connectivity index (χ0v) is 12.9. The molecule has 1 amide bonds. The molecule has 2 rings (SSSR count). The summed E-state index contributed by atoms with van der Waals surface area (Å²) in [6, 6.07) is 7.48. The van der Waals surface area contributed by atoms with Gasteiger partial charge in [0, 0.05) is 16.0 Å². The largest absolute Gasteiger partial charge is 0.384 e. The van der Waals surface area contributed by atoms with Gasteiger partial charge in [0.15, 0.2) is 0 Å². The van der Waals surface area contributed by atoms with Crippen molar-refractivity contribution in [2.75, 3.05) is 6.61 Å². The van der Waals surface area contributed by atoms with E-state index in [0.29, 0.717) is 12.1 Å². The van der Waals surface area contributed by atoms with Gasteiger partial charge in [-0.15, -0.1) is 11.3 Å². The summed E-state index contributed by atoms with van der Waals surface area (Å²) in [6.45, 7) is 4.25. The minimum absolute atomic E-state index is 0.104. The van der Waals surface area contributed by atoms with E-state index in [1.54, 1.807) is 23.5 Å². The molecular weight excluding hydrogens is 282 g/mol. The lowest BCUT2D eigenvalue weighted by molar-refractivity contribution is 0.0950. The van der Waals surface area contributed by atoms with Crippen molar-refractivity contribution in [1.82, 2.24) is 5.32 Å². The van der Waals surface area contributed by atoms with E-state index in [-0.39, 0.29) is 12.5 Å². The van der Waals surface area contributed by atoms with Gasteiger partial charge in [-0.05, 0) is 48.6 Å². The summed E-state index contributed by atoms with van der Waals surface area (Å²) in [5, 5.41) is 13.7. The van der Waals surface area contributed by atoms with Crippen molar-refractivity contribution in [3.8, 4) is 11.8 Å². The molecule has 0 bridgehead atoms. The van der Waals surface area contributed by atoms with E-state index >= 15 is 0 Å². The van der Waals surface area contributed by atoms with E-state index in [1.165, 1.54) is 5.56 Å². The molecule has 0 saturated heterocycles. The zero-order valence-electron chi connectivity index (χ0n) is 12.1.